The number of nitrogens with one attached hydrogen (secondary N) is 3. The van der Waals surface area contributed by atoms with Crippen LogP contribution in [-0.2, 0) is 9.59 Å². The molecule has 5 rings (SSSR count). The molecule has 0 radical (unpaired) electrons. The Morgan fingerprint density at radius 1 is 0.750 bits per heavy atom. The fraction of sp³-hybridized carbons (Fsp3) is 0.0526. The molecule has 0 aromatic heterocycles. The maximum atomic E-state index is 13.6. The highest BCUT2D eigenvalue weighted by Gasteiger charge is 2.23. The summed E-state index contributed by atoms with van der Waals surface area (Å²) < 4.78 is 0. The van der Waals surface area contributed by atoms with Crippen LogP contribution in [0.1, 0.15) is 42.7 Å². The fourth-order valence-electron chi connectivity index (χ4n) is 4.63. The first-order valence-corrected chi connectivity index (χ1v) is 16.0. The minimum absolute atomic E-state index is 0.0518. The normalized spacial score (nSPS) is 11.7. The van der Waals surface area contributed by atoms with Gasteiger partial charge in [-0.15, -0.1) is 11.8 Å². The summed E-state index contributed by atoms with van der Waals surface area (Å²) >= 11 is 7.27. The van der Waals surface area contributed by atoms with Crippen LogP contribution in [0.4, 0.5) is 11.4 Å². The zero-order chi connectivity index (χ0) is 34.0. The molecule has 4 N–H and O–H groups in total. The van der Waals surface area contributed by atoms with Gasteiger partial charge in [0.1, 0.15) is 10.9 Å². The van der Waals surface area contributed by atoms with E-state index in [9.17, 15) is 24.3 Å². The number of rotatable bonds is 11. The van der Waals surface area contributed by atoms with Crippen LogP contribution in [0.5, 0.6) is 0 Å². The second-order valence-corrected chi connectivity index (χ2v) is 12.3. The Kier molecular flexibility index (Phi) is 11.1. The topological polar surface area (TPSA) is 125 Å². The van der Waals surface area contributed by atoms with Crippen LogP contribution in [0.15, 0.2) is 138 Å². The summed E-state index contributed by atoms with van der Waals surface area (Å²) in [4.78, 5) is 52.5. The van der Waals surface area contributed by atoms with E-state index in [-0.39, 0.29) is 27.9 Å². The van der Waals surface area contributed by atoms with Crippen molar-refractivity contribution in [2.45, 2.75) is 17.1 Å². The number of hydrogen-bond acceptors (Lipinski definition) is 5. The highest BCUT2D eigenvalue weighted by molar-refractivity contribution is 8.00. The number of carbonyl (C=O) groups excluding carboxylic acids is 3. The number of thioether (sulfide) groups is 1. The number of carboxylic acid groups (broad SMARTS) is 1. The molecule has 5 aromatic carbocycles. The molecule has 0 spiro atoms. The summed E-state index contributed by atoms with van der Waals surface area (Å²) in [5.41, 5.74) is 3.57. The van der Waals surface area contributed by atoms with Gasteiger partial charge in [0.05, 0.1) is 10.6 Å². The van der Waals surface area contributed by atoms with Gasteiger partial charge in [0, 0.05) is 21.8 Å². The molecule has 0 bridgehead atoms. The lowest BCUT2D eigenvalue weighted by atomic mass is 10.1. The van der Waals surface area contributed by atoms with E-state index in [0.29, 0.717) is 21.7 Å². The lowest BCUT2D eigenvalue weighted by molar-refractivity contribution is -0.116. The number of hydrogen-bond donors (Lipinski definition) is 4. The Bertz CT molecular complexity index is 1980. The molecule has 0 aliphatic heterocycles. The predicted molar refractivity (Wildman–Crippen MR) is 190 cm³/mol. The van der Waals surface area contributed by atoms with Gasteiger partial charge in [-0.3, -0.25) is 14.4 Å². The van der Waals surface area contributed by atoms with E-state index < -0.39 is 23.0 Å². The van der Waals surface area contributed by atoms with Gasteiger partial charge in [-0.25, -0.2) is 4.79 Å². The van der Waals surface area contributed by atoms with E-state index in [1.54, 1.807) is 54.6 Å². The zero-order valence-corrected chi connectivity index (χ0v) is 27.2. The number of amides is 3. The van der Waals surface area contributed by atoms with E-state index in [1.165, 1.54) is 30.0 Å². The minimum atomic E-state index is -1.21. The summed E-state index contributed by atoms with van der Waals surface area (Å²) in [6.45, 7) is 1.96. The van der Waals surface area contributed by atoms with Gasteiger partial charge in [0.2, 0.25) is 5.91 Å². The molecule has 0 saturated heterocycles. The van der Waals surface area contributed by atoms with E-state index in [0.717, 1.165) is 11.1 Å². The number of aryl methyl sites for hydroxylation is 1. The van der Waals surface area contributed by atoms with Crippen LogP contribution in [0.3, 0.4) is 0 Å². The largest absolute Gasteiger partial charge is 0.478 e. The van der Waals surface area contributed by atoms with Crippen molar-refractivity contribution in [2.24, 2.45) is 0 Å². The molecule has 0 heterocycles. The van der Waals surface area contributed by atoms with Crippen LogP contribution in [0, 0.1) is 6.92 Å². The predicted octanol–water partition coefficient (Wildman–Crippen LogP) is 8.23. The van der Waals surface area contributed by atoms with E-state index in [1.807, 2.05) is 67.6 Å². The van der Waals surface area contributed by atoms with Crippen LogP contribution >= 0.6 is 23.4 Å². The molecule has 8 nitrogen and oxygen atoms in total. The molecule has 48 heavy (non-hydrogen) atoms. The molecule has 0 aliphatic carbocycles. The summed E-state index contributed by atoms with van der Waals surface area (Å²) in [5, 5.41) is 17.2. The second kappa shape index (κ2) is 15.8. The maximum Gasteiger partial charge on any atom is 0.337 e. The lowest BCUT2D eigenvalue weighted by Crippen LogP contribution is -2.30. The van der Waals surface area contributed by atoms with Crippen LogP contribution in [0.25, 0.3) is 6.08 Å². The van der Waals surface area contributed by atoms with Crippen molar-refractivity contribution in [3.63, 3.8) is 0 Å². The third-order valence-corrected chi connectivity index (χ3v) is 8.65. The first-order valence-electron chi connectivity index (χ1n) is 14.8. The summed E-state index contributed by atoms with van der Waals surface area (Å²) in [5.74, 6) is -2.55. The van der Waals surface area contributed by atoms with Crippen LogP contribution in [0.2, 0.25) is 5.02 Å². The summed E-state index contributed by atoms with van der Waals surface area (Å²) in [6, 6.07) is 36.6. The van der Waals surface area contributed by atoms with Gasteiger partial charge >= 0.3 is 5.97 Å². The van der Waals surface area contributed by atoms with Crippen molar-refractivity contribution in [2.75, 3.05) is 10.6 Å². The van der Waals surface area contributed by atoms with Crippen LogP contribution in [-0.4, -0.2) is 28.8 Å². The molecule has 10 heteroatoms. The molecule has 0 fully saturated rings. The van der Waals surface area contributed by atoms with Crippen molar-refractivity contribution in [1.29, 1.82) is 0 Å². The molecular formula is C38H30ClN3O5S. The fourth-order valence-corrected chi connectivity index (χ4v) is 5.91. The molecule has 3 amide bonds. The average Bonchev–Trinajstić information content (AvgIpc) is 3.09. The Labute approximate surface area is 286 Å². The van der Waals surface area contributed by atoms with E-state index in [4.69, 9.17) is 11.6 Å². The zero-order valence-electron chi connectivity index (χ0n) is 25.6. The molecule has 5 aromatic rings. The van der Waals surface area contributed by atoms with Gasteiger partial charge in [0.15, 0.2) is 0 Å². The number of benzene rings is 5. The van der Waals surface area contributed by atoms with Crippen molar-refractivity contribution in [1.82, 2.24) is 5.32 Å². The second-order valence-electron chi connectivity index (χ2n) is 10.7. The standard InChI is InChI=1S/C38H30ClN3O5S/c1-24-15-17-25(18-16-24)21-33(42-35(43)27-11-6-3-7-12-27)36(44)40-28-13-8-14-30(22-28)48-34(26-9-4-2-5-10-26)37(45)41-29-19-20-32(39)31(23-29)38(46)47/h2-23,34H,1H3,(H,40,44)(H,41,45)(H,42,43)(H,46,47)/b33-21-. The third-order valence-electron chi connectivity index (χ3n) is 7.07. The lowest BCUT2D eigenvalue weighted by Gasteiger charge is -2.18. The van der Waals surface area contributed by atoms with Crippen molar-refractivity contribution < 1.29 is 24.3 Å². The average molecular weight is 676 g/mol. The number of halogens is 1. The van der Waals surface area contributed by atoms with Crippen molar-refractivity contribution in [3.8, 4) is 0 Å². The molecule has 0 aliphatic rings. The number of carboxylic acids is 1. The molecular weight excluding hydrogens is 646 g/mol. The quantitative estimate of drug-likeness (QED) is 0.0826. The molecule has 1 unspecified atom stereocenters. The van der Waals surface area contributed by atoms with Gasteiger partial charge in [-0.2, -0.15) is 0 Å². The summed E-state index contributed by atoms with van der Waals surface area (Å²) in [7, 11) is 0. The van der Waals surface area contributed by atoms with Crippen molar-refractivity contribution >= 4 is 64.5 Å². The van der Waals surface area contributed by atoms with Crippen molar-refractivity contribution in [3.05, 3.63) is 166 Å². The Hall–Kier alpha value is -5.64. The number of carbonyl (C=O) groups is 4. The van der Waals surface area contributed by atoms with E-state index >= 15 is 0 Å². The Morgan fingerprint density at radius 3 is 2.10 bits per heavy atom. The Balaban J connectivity index is 1.38. The number of anilines is 2. The Morgan fingerprint density at radius 2 is 1.42 bits per heavy atom. The molecule has 1 atom stereocenters. The van der Waals surface area contributed by atoms with E-state index in [2.05, 4.69) is 16.0 Å². The highest BCUT2D eigenvalue weighted by atomic mass is 35.5. The van der Waals surface area contributed by atoms with Crippen LogP contribution < -0.4 is 16.0 Å². The summed E-state index contributed by atoms with van der Waals surface area (Å²) in [6.07, 6.45) is 1.61. The first-order chi connectivity index (χ1) is 23.2. The number of aromatic carboxylic acids is 1. The third kappa shape index (κ3) is 9.00. The van der Waals surface area contributed by atoms with Gasteiger partial charge < -0.3 is 21.1 Å². The first kappa shape index (κ1) is 33.7. The molecule has 0 saturated carbocycles. The van der Waals surface area contributed by atoms with Gasteiger partial charge in [-0.1, -0.05) is 96.0 Å². The van der Waals surface area contributed by atoms with Gasteiger partial charge in [0.25, 0.3) is 11.8 Å². The smallest absolute Gasteiger partial charge is 0.337 e. The highest BCUT2D eigenvalue weighted by Crippen LogP contribution is 2.37. The SMILES string of the molecule is Cc1ccc(/C=C(\NC(=O)c2ccccc2)C(=O)Nc2cccc(SC(C(=O)Nc3ccc(Cl)c(C(=O)O)c3)c3ccccc3)c2)cc1. The molecule has 240 valence electrons. The maximum absolute atomic E-state index is 13.6. The van der Waals surface area contributed by atoms with Gasteiger partial charge in [-0.05, 0) is 72.7 Å². The minimum Gasteiger partial charge on any atom is -0.478 e. The monoisotopic (exact) mass is 675 g/mol.